The molecule has 1 unspecified atom stereocenters. The van der Waals surface area contributed by atoms with Gasteiger partial charge in [-0.15, -0.1) is 23.7 Å². The van der Waals surface area contributed by atoms with Gasteiger partial charge in [-0.3, -0.25) is 0 Å². The Morgan fingerprint density at radius 2 is 2.54 bits per heavy atom. The molecule has 0 bridgehead atoms. The van der Waals surface area contributed by atoms with Crippen molar-refractivity contribution < 1.29 is 0 Å². The van der Waals surface area contributed by atoms with E-state index in [4.69, 9.17) is 6.42 Å². The van der Waals surface area contributed by atoms with Crippen molar-refractivity contribution in [2.45, 2.75) is 26.3 Å². The standard InChI is InChI=1S/C10H14N2S/c1-4-5-6-11-9(3)10-12-8(2)7-13-10/h1,7,9,11H,5-6H2,2-3H3. The Kier molecular flexibility index (Phi) is 3.94. The summed E-state index contributed by atoms with van der Waals surface area (Å²) in [6, 6.07) is 0.312. The van der Waals surface area contributed by atoms with Gasteiger partial charge in [0, 0.05) is 24.0 Å². The number of nitrogens with one attached hydrogen (secondary N) is 1. The lowest BCUT2D eigenvalue weighted by molar-refractivity contribution is 0.580. The van der Waals surface area contributed by atoms with E-state index in [1.807, 2.05) is 6.92 Å². The van der Waals surface area contributed by atoms with E-state index in [1.165, 1.54) is 0 Å². The van der Waals surface area contributed by atoms with Gasteiger partial charge in [-0.05, 0) is 13.8 Å². The number of aromatic nitrogens is 1. The van der Waals surface area contributed by atoms with E-state index >= 15 is 0 Å². The fraction of sp³-hybridized carbons (Fsp3) is 0.500. The average Bonchev–Trinajstić information content (AvgIpc) is 2.52. The van der Waals surface area contributed by atoms with Crippen LogP contribution in [0.25, 0.3) is 0 Å². The molecule has 0 aromatic carbocycles. The quantitative estimate of drug-likeness (QED) is 0.586. The van der Waals surface area contributed by atoms with Gasteiger partial charge in [0.25, 0.3) is 0 Å². The molecule has 0 amide bonds. The topological polar surface area (TPSA) is 24.9 Å². The van der Waals surface area contributed by atoms with Crippen molar-refractivity contribution in [1.29, 1.82) is 0 Å². The van der Waals surface area contributed by atoms with E-state index in [0.29, 0.717) is 6.04 Å². The fourth-order valence-corrected chi connectivity index (χ4v) is 1.85. The summed E-state index contributed by atoms with van der Waals surface area (Å²) in [4.78, 5) is 4.39. The molecule has 0 saturated heterocycles. The number of terminal acetylenes is 1. The van der Waals surface area contributed by atoms with Crippen LogP contribution < -0.4 is 5.32 Å². The number of rotatable bonds is 4. The Bertz CT molecular complexity index is 298. The lowest BCUT2D eigenvalue weighted by Gasteiger charge is -2.08. The smallest absolute Gasteiger partial charge is 0.110 e. The van der Waals surface area contributed by atoms with Crippen LogP contribution in [0.5, 0.6) is 0 Å². The molecule has 1 atom stereocenters. The lowest BCUT2D eigenvalue weighted by atomic mass is 10.3. The van der Waals surface area contributed by atoms with E-state index in [2.05, 4.69) is 28.5 Å². The van der Waals surface area contributed by atoms with Gasteiger partial charge in [0.15, 0.2) is 0 Å². The first-order chi connectivity index (χ1) is 6.24. The van der Waals surface area contributed by atoms with Crippen LogP contribution in [-0.4, -0.2) is 11.5 Å². The molecule has 3 heteroatoms. The summed E-state index contributed by atoms with van der Waals surface area (Å²) in [6.45, 7) is 4.97. The summed E-state index contributed by atoms with van der Waals surface area (Å²) in [5.41, 5.74) is 1.09. The van der Waals surface area contributed by atoms with E-state index in [9.17, 15) is 0 Å². The first-order valence-electron chi connectivity index (χ1n) is 4.33. The molecule has 0 spiro atoms. The molecule has 0 fully saturated rings. The Hall–Kier alpha value is -0.850. The largest absolute Gasteiger partial charge is 0.307 e. The van der Waals surface area contributed by atoms with Crippen LogP contribution in [0, 0.1) is 19.3 Å². The lowest BCUT2D eigenvalue weighted by Crippen LogP contribution is -2.19. The van der Waals surface area contributed by atoms with Crippen molar-refractivity contribution in [2.24, 2.45) is 0 Å². The van der Waals surface area contributed by atoms with Gasteiger partial charge in [-0.2, -0.15) is 0 Å². The van der Waals surface area contributed by atoms with Gasteiger partial charge in [0.05, 0.1) is 6.04 Å². The predicted molar refractivity (Wildman–Crippen MR) is 56.7 cm³/mol. The Labute approximate surface area is 83.4 Å². The molecule has 70 valence electrons. The maximum absolute atomic E-state index is 5.15. The number of nitrogens with zero attached hydrogens (tertiary/aromatic N) is 1. The minimum atomic E-state index is 0.312. The summed E-state index contributed by atoms with van der Waals surface area (Å²) < 4.78 is 0. The Balaban J connectivity index is 2.40. The van der Waals surface area contributed by atoms with E-state index in [0.717, 1.165) is 23.7 Å². The van der Waals surface area contributed by atoms with Crippen molar-refractivity contribution in [1.82, 2.24) is 10.3 Å². The zero-order chi connectivity index (χ0) is 9.68. The molecule has 1 aromatic heterocycles. The molecule has 1 heterocycles. The van der Waals surface area contributed by atoms with Crippen LogP contribution in [0.3, 0.4) is 0 Å². The van der Waals surface area contributed by atoms with E-state index in [1.54, 1.807) is 11.3 Å². The van der Waals surface area contributed by atoms with Crippen molar-refractivity contribution >= 4 is 11.3 Å². The third-order valence-electron chi connectivity index (χ3n) is 1.73. The summed E-state index contributed by atoms with van der Waals surface area (Å²) in [5, 5.41) is 6.52. The normalized spacial score (nSPS) is 12.4. The SMILES string of the molecule is C#CCCNC(C)c1nc(C)cs1. The third-order valence-corrected chi connectivity index (χ3v) is 2.87. The monoisotopic (exact) mass is 194 g/mol. The zero-order valence-electron chi connectivity index (χ0n) is 8.00. The van der Waals surface area contributed by atoms with Gasteiger partial charge in [-0.25, -0.2) is 4.98 Å². The number of hydrogen-bond acceptors (Lipinski definition) is 3. The van der Waals surface area contributed by atoms with Gasteiger partial charge < -0.3 is 5.32 Å². The van der Waals surface area contributed by atoms with Gasteiger partial charge in [0.1, 0.15) is 5.01 Å². The first-order valence-corrected chi connectivity index (χ1v) is 5.21. The summed E-state index contributed by atoms with van der Waals surface area (Å²) in [6.07, 6.45) is 5.93. The Morgan fingerprint density at radius 1 is 1.77 bits per heavy atom. The maximum atomic E-state index is 5.15. The molecule has 0 aliphatic heterocycles. The van der Waals surface area contributed by atoms with Gasteiger partial charge in [0.2, 0.25) is 0 Å². The molecule has 0 radical (unpaired) electrons. The highest BCUT2D eigenvalue weighted by atomic mass is 32.1. The number of aryl methyl sites for hydroxylation is 1. The molecule has 1 rings (SSSR count). The van der Waals surface area contributed by atoms with Crippen LogP contribution in [-0.2, 0) is 0 Å². The Morgan fingerprint density at radius 3 is 3.08 bits per heavy atom. The van der Waals surface area contributed by atoms with Crippen molar-refractivity contribution in [3.05, 3.63) is 16.1 Å². The molecule has 1 N–H and O–H groups in total. The van der Waals surface area contributed by atoms with Crippen LogP contribution in [0.15, 0.2) is 5.38 Å². The van der Waals surface area contributed by atoms with Crippen molar-refractivity contribution in [3.63, 3.8) is 0 Å². The van der Waals surface area contributed by atoms with Crippen molar-refractivity contribution in [2.75, 3.05) is 6.54 Å². The minimum Gasteiger partial charge on any atom is -0.307 e. The first kappa shape index (κ1) is 10.2. The maximum Gasteiger partial charge on any atom is 0.110 e. The molecule has 1 aromatic rings. The van der Waals surface area contributed by atoms with E-state index < -0.39 is 0 Å². The van der Waals surface area contributed by atoms with Gasteiger partial charge >= 0.3 is 0 Å². The van der Waals surface area contributed by atoms with E-state index in [-0.39, 0.29) is 0 Å². The molecule has 13 heavy (non-hydrogen) atoms. The molecule has 0 aliphatic carbocycles. The van der Waals surface area contributed by atoms with Crippen LogP contribution in [0.1, 0.15) is 30.1 Å². The third kappa shape index (κ3) is 3.17. The summed E-state index contributed by atoms with van der Waals surface area (Å²) in [7, 11) is 0. The highest BCUT2D eigenvalue weighted by molar-refractivity contribution is 7.09. The second-order valence-corrected chi connectivity index (χ2v) is 3.85. The van der Waals surface area contributed by atoms with Crippen molar-refractivity contribution in [3.8, 4) is 12.3 Å². The van der Waals surface area contributed by atoms with Crippen LogP contribution in [0.2, 0.25) is 0 Å². The fourth-order valence-electron chi connectivity index (χ4n) is 1.02. The highest BCUT2D eigenvalue weighted by Crippen LogP contribution is 2.16. The summed E-state index contributed by atoms with van der Waals surface area (Å²) in [5.74, 6) is 2.60. The predicted octanol–water partition coefficient (Wildman–Crippen LogP) is 2.13. The molecule has 0 saturated carbocycles. The van der Waals surface area contributed by atoms with Gasteiger partial charge in [-0.1, -0.05) is 0 Å². The minimum absolute atomic E-state index is 0.312. The zero-order valence-corrected chi connectivity index (χ0v) is 8.82. The van der Waals surface area contributed by atoms with Crippen LogP contribution in [0.4, 0.5) is 0 Å². The second kappa shape index (κ2) is 5.00. The number of thiazole rings is 1. The highest BCUT2D eigenvalue weighted by Gasteiger charge is 2.07. The molecule has 0 aliphatic rings. The molecule has 2 nitrogen and oxygen atoms in total. The molecular weight excluding hydrogens is 180 g/mol. The average molecular weight is 194 g/mol. The second-order valence-electron chi connectivity index (χ2n) is 2.96. The molecular formula is C10H14N2S. The van der Waals surface area contributed by atoms with Crippen LogP contribution >= 0.6 is 11.3 Å². The number of hydrogen-bond donors (Lipinski definition) is 1. The summed E-state index contributed by atoms with van der Waals surface area (Å²) >= 11 is 1.69.